The van der Waals surface area contributed by atoms with E-state index in [1.807, 2.05) is 78.9 Å². The van der Waals surface area contributed by atoms with Crippen molar-refractivity contribution in [3.05, 3.63) is 120 Å². The van der Waals surface area contributed by atoms with E-state index < -0.39 is 23.8 Å². The number of fused-ring (bicyclic) bond motifs is 1. The Kier molecular flexibility index (Phi) is 8.59. The first-order valence-electron chi connectivity index (χ1n) is 13.0. The molecule has 0 spiro atoms. The summed E-state index contributed by atoms with van der Waals surface area (Å²) in [5, 5.41) is 18.8. The molecule has 1 heterocycles. The minimum absolute atomic E-state index is 0.162. The molecule has 0 aliphatic rings. The molecule has 0 radical (unpaired) electrons. The molecule has 8 heteroatoms. The molecular formula is C32H30F2N4O2. The number of halogens is 2. The molecule has 0 amide bonds. The van der Waals surface area contributed by atoms with Gasteiger partial charge in [0, 0.05) is 30.1 Å². The van der Waals surface area contributed by atoms with E-state index in [4.69, 9.17) is 14.7 Å². The summed E-state index contributed by atoms with van der Waals surface area (Å²) in [7, 11) is 1.61. The summed E-state index contributed by atoms with van der Waals surface area (Å²) in [5.74, 6) is 0.468. The van der Waals surface area contributed by atoms with Gasteiger partial charge in [0.25, 0.3) is 0 Å². The summed E-state index contributed by atoms with van der Waals surface area (Å²) < 4.78 is 33.4. The van der Waals surface area contributed by atoms with Crippen LogP contribution in [-0.2, 0) is 13.0 Å². The zero-order valence-corrected chi connectivity index (χ0v) is 22.0. The van der Waals surface area contributed by atoms with Crippen LogP contribution < -0.4 is 15.4 Å². The van der Waals surface area contributed by atoms with Gasteiger partial charge in [0.15, 0.2) is 5.82 Å². The van der Waals surface area contributed by atoms with Crippen LogP contribution in [0.2, 0.25) is 0 Å². The number of hydrogen-bond donors (Lipinski definition) is 3. The number of methoxy groups -OCH3 is 1. The molecule has 3 N–H and O–H groups in total. The van der Waals surface area contributed by atoms with Crippen LogP contribution in [0, 0.1) is 11.6 Å². The second-order valence-corrected chi connectivity index (χ2v) is 9.56. The third kappa shape index (κ3) is 6.77. The number of nitrogens with zero attached hydrogens (tertiary/aromatic N) is 2. The van der Waals surface area contributed by atoms with Crippen molar-refractivity contribution in [2.75, 3.05) is 19.0 Å². The number of aliphatic hydroxyl groups excluding tert-OH is 1. The number of hydrogen-bond acceptors (Lipinski definition) is 6. The molecule has 40 heavy (non-hydrogen) atoms. The summed E-state index contributed by atoms with van der Waals surface area (Å²) in [6.45, 7) is 0.728. The molecule has 0 aliphatic carbocycles. The van der Waals surface area contributed by atoms with Gasteiger partial charge in [-0.1, -0.05) is 54.6 Å². The molecule has 4 aromatic carbocycles. The smallest absolute Gasteiger partial charge is 0.162 e. The highest BCUT2D eigenvalue weighted by Crippen LogP contribution is 2.26. The lowest BCUT2D eigenvalue weighted by molar-refractivity contribution is 0.148. The average Bonchev–Trinajstić information content (AvgIpc) is 2.96. The first kappa shape index (κ1) is 27.2. The van der Waals surface area contributed by atoms with Gasteiger partial charge in [0.05, 0.1) is 24.8 Å². The molecular weight excluding hydrogens is 510 g/mol. The van der Waals surface area contributed by atoms with Crippen molar-refractivity contribution in [2.24, 2.45) is 0 Å². The molecule has 0 saturated carbocycles. The van der Waals surface area contributed by atoms with Gasteiger partial charge in [-0.25, -0.2) is 18.7 Å². The Labute approximate surface area is 231 Å². The molecule has 0 aliphatic heterocycles. The van der Waals surface area contributed by atoms with Crippen molar-refractivity contribution in [1.82, 2.24) is 15.3 Å². The van der Waals surface area contributed by atoms with Gasteiger partial charge in [-0.15, -0.1) is 0 Å². The SMILES string of the molecule is COc1cccc(CNCC(O)C(Cc2cc(F)cc(F)c2)Nc2nc(-c3ccccc3)nc3ccccc23)c1. The zero-order valence-electron chi connectivity index (χ0n) is 22.0. The molecule has 204 valence electrons. The number of rotatable bonds is 11. The molecule has 5 aromatic rings. The second kappa shape index (κ2) is 12.6. The number of para-hydroxylation sites is 1. The first-order chi connectivity index (χ1) is 19.5. The van der Waals surface area contributed by atoms with E-state index in [9.17, 15) is 13.9 Å². The predicted octanol–water partition coefficient (Wildman–Crippen LogP) is 5.76. The van der Waals surface area contributed by atoms with Crippen LogP contribution in [0.4, 0.5) is 14.6 Å². The molecule has 1 aromatic heterocycles. The van der Waals surface area contributed by atoms with Crippen molar-refractivity contribution in [1.29, 1.82) is 0 Å². The number of ether oxygens (including phenoxy) is 1. The summed E-state index contributed by atoms with van der Waals surface area (Å²) in [5.41, 5.74) is 3.00. The van der Waals surface area contributed by atoms with E-state index in [1.54, 1.807) is 7.11 Å². The predicted molar refractivity (Wildman–Crippen MR) is 153 cm³/mol. The van der Waals surface area contributed by atoms with Crippen molar-refractivity contribution in [3.8, 4) is 17.1 Å². The van der Waals surface area contributed by atoms with Gasteiger partial charge in [-0.05, 0) is 53.9 Å². The van der Waals surface area contributed by atoms with Crippen molar-refractivity contribution in [2.45, 2.75) is 25.1 Å². The summed E-state index contributed by atoms with van der Waals surface area (Å²) in [6.07, 6.45) is -0.763. The van der Waals surface area contributed by atoms with E-state index >= 15 is 0 Å². The lowest BCUT2D eigenvalue weighted by Gasteiger charge is -2.26. The van der Waals surface area contributed by atoms with Gasteiger partial charge < -0.3 is 20.5 Å². The highest BCUT2D eigenvalue weighted by atomic mass is 19.1. The molecule has 5 rings (SSSR count). The van der Waals surface area contributed by atoms with Crippen molar-refractivity contribution in [3.63, 3.8) is 0 Å². The van der Waals surface area contributed by atoms with Crippen LogP contribution in [-0.4, -0.2) is 40.9 Å². The maximum absolute atomic E-state index is 14.0. The van der Waals surface area contributed by atoms with E-state index in [0.717, 1.165) is 33.8 Å². The molecule has 6 nitrogen and oxygen atoms in total. The Morgan fingerprint density at radius 1 is 0.825 bits per heavy atom. The van der Waals surface area contributed by atoms with Crippen molar-refractivity contribution >= 4 is 16.7 Å². The Morgan fingerprint density at radius 2 is 1.57 bits per heavy atom. The van der Waals surface area contributed by atoms with Gasteiger partial charge >= 0.3 is 0 Å². The lowest BCUT2D eigenvalue weighted by Crippen LogP contribution is -2.42. The van der Waals surface area contributed by atoms with Crippen LogP contribution in [0.3, 0.4) is 0 Å². The zero-order chi connectivity index (χ0) is 27.9. The first-order valence-corrected chi connectivity index (χ1v) is 13.0. The van der Waals surface area contributed by atoms with Crippen LogP contribution in [0.1, 0.15) is 11.1 Å². The molecule has 0 fully saturated rings. The van der Waals surface area contributed by atoms with Gasteiger partial charge in [-0.3, -0.25) is 0 Å². The quantitative estimate of drug-likeness (QED) is 0.198. The molecule has 2 unspecified atom stereocenters. The summed E-state index contributed by atoms with van der Waals surface area (Å²) in [4.78, 5) is 9.53. The Morgan fingerprint density at radius 3 is 2.35 bits per heavy atom. The standard InChI is InChI=1S/C32H30F2N4O2/c1-40-26-11-7-8-21(16-26)19-35-20-30(39)29(17-22-14-24(33)18-25(34)15-22)37-32-27-12-5-6-13-28(27)36-31(38-32)23-9-3-2-4-10-23/h2-16,18,29-30,35,39H,17,19-20H2,1H3,(H,36,37,38). The van der Waals surface area contributed by atoms with Gasteiger partial charge in [0.2, 0.25) is 0 Å². The Balaban J connectivity index is 1.43. The Bertz CT molecular complexity index is 1560. The minimum atomic E-state index is -0.925. The number of aliphatic hydroxyl groups is 1. The Hall–Kier alpha value is -4.40. The number of anilines is 1. The fourth-order valence-electron chi connectivity index (χ4n) is 4.63. The largest absolute Gasteiger partial charge is 0.497 e. The number of benzene rings is 4. The topological polar surface area (TPSA) is 79.3 Å². The molecule has 0 bridgehead atoms. The van der Waals surface area contributed by atoms with Crippen LogP contribution >= 0.6 is 0 Å². The third-order valence-electron chi connectivity index (χ3n) is 6.62. The van der Waals surface area contributed by atoms with Crippen LogP contribution in [0.25, 0.3) is 22.3 Å². The number of nitrogens with one attached hydrogen (secondary N) is 2. The van der Waals surface area contributed by atoms with Gasteiger partial charge in [0.1, 0.15) is 23.2 Å². The fourth-order valence-corrected chi connectivity index (χ4v) is 4.63. The van der Waals surface area contributed by atoms with E-state index in [1.165, 1.54) is 12.1 Å². The normalized spacial score (nSPS) is 12.7. The lowest BCUT2D eigenvalue weighted by atomic mass is 10.00. The molecule has 2 atom stereocenters. The maximum atomic E-state index is 14.0. The fraction of sp³-hybridized carbons (Fsp3) is 0.188. The maximum Gasteiger partial charge on any atom is 0.162 e. The highest BCUT2D eigenvalue weighted by molar-refractivity contribution is 5.90. The highest BCUT2D eigenvalue weighted by Gasteiger charge is 2.22. The van der Waals surface area contributed by atoms with E-state index in [-0.39, 0.29) is 13.0 Å². The van der Waals surface area contributed by atoms with Crippen LogP contribution in [0.15, 0.2) is 97.1 Å². The monoisotopic (exact) mass is 540 g/mol. The number of aromatic nitrogens is 2. The summed E-state index contributed by atoms with van der Waals surface area (Å²) >= 11 is 0. The van der Waals surface area contributed by atoms with E-state index in [2.05, 4.69) is 10.6 Å². The summed E-state index contributed by atoms with van der Waals surface area (Å²) in [6, 6.07) is 27.6. The average molecular weight is 541 g/mol. The molecule has 0 saturated heterocycles. The van der Waals surface area contributed by atoms with Crippen molar-refractivity contribution < 1.29 is 18.6 Å². The van der Waals surface area contributed by atoms with E-state index in [0.29, 0.717) is 23.8 Å². The minimum Gasteiger partial charge on any atom is -0.497 e. The van der Waals surface area contributed by atoms with Crippen LogP contribution in [0.5, 0.6) is 5.75 Å². The van der Waals surface area contributed by atoms with Gasteiger partial charge in [-0.2, -0.15) is 0 Å². The third-order valence-corrected chi connectivity index (χ3v) is 6.62. The second-order valence-electron chi connectivity index (χ2n) is 9.56.